The number of hydrogen-bond donors (Lipinski definition) is 1. The maximum Gasteiger partial charge on any atom is 0.494 e. The summed E-state index contributed by atoms with van der Waals surface area (Å²) < 4.78 is 13.7. The highest BCUT2D eigenvalue weighted by atomic mass is 35.5. The molecule has 0 spiro atoms. The first-order valence-corrected chi connectivity index (χ1v) is 11.7. The normalized spacial score (nSPS) is 16.9. The Hall–Kier alpha value is -2.68. The van der Waals surface area contributed by atoms with Crippen LogP contribution in [0.2, 0.25) is 5.02 Å². The Labute approximate surface area is 204 Å². The van der Waals surface area contributed by atoms with Crippen LogP contribution in [0.25, 0.3) is 22.3 Å². The zero-order chi connectivity index (χ0) is 24.8. The van der Waals surface area contributed by atoms with Gasteiger partial charge >= 0.3 is 7.12 Å². The number of benzene rings is 2. The molecule has 7 nitrogen and oxygen atoms in total. The monoisotopic (exact) mass is 481 g/mol. The second-order valence-corrected chi connectivity index (χ2v) is 10.4. The van der Waals surface area contributed by atoms with Gasteiger partial charge in [-0.3, -0.25) is 14.2 Å². The van der Waals surface area contributed by atoms with Crippen molar-refractivity contribution in [2.75, 3.05) is 0 Å². The van der Waals surface area contributed by atoms with Gasteiger partial charge in [-0.05, 0) is 71.3 Å². The van der Waals surface area contributed by atoms with Crippen molar-refractivity contribution in [1.29, 1.82) is 0 Å². The van der Waals surface area contributed by atoms with Crippen molar-refractivity contribution >= 4 is 41.0 Å². The molecule has 0 unspecified atom stereocenters. The lowest BCUT2D eigenvalue weighted by atomic mass is 9.78. The van der Waals surface area contributed by atoms with E-state index in [1.165, 1.54) is 4.57 Å². The van der Waals surface area contributed by atoms with Gasteiger partial charge in [0.2, 0.25) is 5.91 Å². The summed E-state index contributed by atoms with van der Waals surface area (Å²) in [4.78, 5) is 31.0. The predicted molar refractivity (Wildman–Crippen MR) is 135 cm³/mol. The molecule has 0 bridgehead atoms. The van der Waals surface area contributed by atoms with Crippen LogP contribution in [0.3, 0.4) is 0 Å². The van der Waals surface area contributed by atoms with Gasteiger partial charge in [0.05, 0.1) is 22.1 Å². The van der Waals surface area contributed by atoms with Crippen LogP contribution in [0.5, 0.6) is 0 Å². The second-order valence-electron chi connectivity index (χ2n) is 9.92. The quantitative estimate of drug-likeness (QED) is 0.564. The van der Waals surface area contributed by atoms with Gasteiger partial charge in [0, 0.05) is 16.6 Å². The molecular weight excluding hydrogens is 453 g/mol. The summed E-state index contributed by atoms with van der Waals surface area (Å²) in [5.41, 5.74) is 0.558. The van der Waals surface area contributed by atoms with Gasteiger partial charge in [-0.25, -0.2) is 4.98 Å². The molecule has 1 aliphatic heterocycles. The number of hydrogen-bond acceptors (Lipinski definition) is 5. The Bertz CT molecular complexity index is 1300. The molecule has 1 aromatic heterocycles. The number of amides is 1. The molecule has 1 N–H and O–H groups in total. The van der Waals surface area contributed by atoms with Crippen LogP contribution in [0.1, 0.15) is 41.5 Å². The second kappa shape index (κ2) is 8.84. The molecule has 3 aromatic rings. The van der Waals surface area contributed by atoms with E-state index >= 15 is 0 Å². The van der Waals surface area contributed by atoms with Crippen molar-refractivity contribution < 1.29 is 14.1 Å². The lowest BCUT2D eigenvalue weighted by molar-refractivity contribution is -0.122. The number of carbonyl (C=O) groups excluding carboxylic acids is 1. The molecule has 9 heteroatoms. The van der Waals surface area contributed by atoms with Gasteiger partial charge in [0.15, 0.2) is 0 Å². The highest BCUT2D eigenvalue weighted by Gasteiger charge is 2.51. The third kappa shape index (κ3) is 4.62. The van der Waals surface area contributed by atoms with Crippen molar-refractivity contribution in [3.05, 3.63) is 57.8 Å². The maximum atomic E-state index is 13.7. The summed E-state index contributed by atoms with van der Waals surface area (Å²) in [6.45, 7) is 11.5. The lowest BCUT2D eigenvalue weighted by Gasteiger charge is -2.32. The van der Waals surface area contributed by atoms with E-state index in [2.05, 4.69) is 5.32 Å². The molecular formula is C25H29BClN3O4. The minimum atomic E-state index is -0.612. The van der Waals surface area contributed by atoms with E-state index in [-0.39, 0.29) is 24.1 Å². The molecule has 0 aliphatic carbocycles. The number of rotatable bonds is 5. The maximum absolute atomic E-state index is 13.7. The van der Waals surface area contributed by atoms with Gasteiger partial charge in [-0.1, -0.05) is 29.8 Å². The van der Waals surface area contributed by atoms with Crippen molar-refractivity contribution in [3.8, 4) is 11.4 Å². The molecule has 0 saturated carbocycles. The number of nitrogens with zero attached hydrogens (tertiary/aromatic N) is 2. The highest BCUT2D eigenvalue weighted by Crippen LogP contribution is 2.36. The number of aromatic nitrogens is 2. The Morgan fingerprint density at radius 1 is 1.12 bits per heavy atom. The van der Waals surface area contributed by atoms with Gasteiger partial charge in [0.1, 0.15) is 12.4 Å². The fraction of sp³-hybridized carbons (Fsp3) is 0.400. The van der Waals surface area contributed by atoms with Crippen LogP contribution in [0.15, 0.2) is 47.3 Å². The van der Waals surface area contributed by atoms with Crippen molar-refractivity contribution in [1.82, 2.24) is 14.9 Å². The first-order chi connectivity index (χ1) is 15.9. The molecule has 34 heavy (non-hydrogen) atoms. The molecule has 178 valence electrons. The Kier molecular flexibility index (Phi) is 6.35. The fourth-order valence-electron chi connectivity index (χ4n) is 3.87. The van der Waals surface area contributed by atoms with E-state index in [4.69, 9.17) is 25.9 Å². The summed E-state index contributed by atoms with van der Waals surface area (Å²) in [5.74, 6) is 0.103. The summed E-state index contributed by atoms with van der Waals surface area (Å²) in [6.07, 6.45) is 0. The Morgan fingerprint density at radius 2 is 1.79 bits per heavy atom. The van der Waals surface area contributed by atoms with E-state index in [1.54, 1.807) is 30.3 Å². The SMILES string of the molecule is CC(C)NC(=O)Cn1c(-c2cccc(Cl)c2)nc2ccc(B3OC(C)(C)C(C)(C)O3)cc2c1=O. The molecule has 2 aromatic carbocycles. The van der Waals surface area contributed by atoms with E-state index in [0.717, 1.165) is 5.46 Å². The van der Waals surface area contributed by atoms with Crippen LogP contribution in [-0.4, -0.2) is 39.8 Å². The number of carbonyl (C=O) groups is 1. The Balaban J connectivity index is 1.85. The van der Waals surface area contributed by atoms with Crippen LogP contribution in [-0.2, 0) is 20.6 Å². The largest absolute Gasteiger partial charge is 0.494 e. The minimum Gasteiger partial charge on any atom is -0.399 e. The molecule has 1 aliphatic rings. The van der Waals surface area contributed by atoms with Gasteiger partial charge in [-0.15, -0.1) is 0 Å². The van der Waals surface area contributed by atoms with E-state index < -0.39 is 18.3 Å². The molecule has 2 heterocycles. The van der Waals surface area contributed by atoms with Crippen LogP contribution in [0, 0.1) is 0 Å². The molecule has 0 atom stereocenters. The average molecular weight is 482 g/mol. The standard InChI is InChI=1S/C25H29BClN3O4/c1-15(2)28-21(31)14-30-22(16-8-7-9-18(27)12-16)29-20-11-10-17(13-19(20)23(30)32)26-33-24(3,4)25(5,6)34-26/h7-13,15H,14H2,1-6H3,(H,28,31). The summed E-state index contributed by atoms with van der Waals surface area (Å²) in [6, 6.07) is 12.4. The van der Waals surface area contributed by atoms with Crippen LogP contribution in [0.4, 0.5) is 0 Å². The van der Waals surface area contributed by atoms with Gasteiger partial charge in [0.25, 0.3) is 5.56 Å². The highest BCUT2D eigenvalue weighted by molar-refractivity contribution is 6.62. The van der Waals surface area contributed by atoms with Gasteiger partial charge < -0.3 is 14.6 Å². The first-order valence-electron chi connectivity index (χ1n) is 11.3. The fourth-order valence-corrected chi connectivity index (χ4v) is 4.06. The lowest BCUT2D eigenvalue weighted by Crippen LogP contribution is -2.41. The molecule has 1 saturated heterocycles. The van der Waals surface area contributed by atoms with E-state index in [0.29, 0.717) is 27.3 Å². The first kappa shape index (κ1) is 24.4. The van der Waals surface area contributed by atoms with E-state index in [9.17, 15) is 9.59 Å². The molecule has 4 rings (SSSR count). The molecule has 1 fully saturated rings. The van der Waals surface area contributed by atoms with Crippen LogP contribution >= 0.6 is 11.6 Å². The van der Waals surface area contributed by atoms with Crippen molar-refractivity contribution in [2.45, 2.75) is 65.3 Å². The zero-order valence-electron chi connectivity index (χ0n) is 20.3. The third-order valence-electron chi connectivity index (χ3n) is 6.34. The predicted octanol–water partition coefficient (Wildman–Crippen LogP) is 3.54. The third-order valence-corrected chi connectivity index (χ3v) is 6.57. The number of fused-ring (bicyclic) bond motifs is 1. The summed E-state index contributed by atoms with van der Waals surface area (Å²) in [5, 5.41) is 3.74. The number of nitrogens with one attached hydrogen (secondary N) is 1. The van der Waals surface area contributed by atoms with Gasteiger partial charge in [-0.2, -0.15) is 0 Å². The smallest absolute Gasteiger partial charge is 0.399 e. The molecule has 0 radical (unpaired) electrons. The topological polar surface area (TPSA) is 82.5 Å². The number of halogens is 1. The van der Waals surface area contributed by atoms with Crippen molar-refractivity contribution in [2.24, 2.45) is 0 Å². The van der Waals surface area contributed by atoms with Crippen molar-refractivity contribution in [3.63, 3.8) is 0 Å². The summed E-state index contributed by atoms with van der Waals surface area (Å²) >= 11 is 6.20. The molecule has 1 amide bonds. The zero-order valence-corrected chi connectivity index (χ0v) is 21.1. The van der Waals surface area contributed by atoms with Crippen LogP contribution < -0.4 is 16.3 Å². The van der Waals surface area contributed by atoms with E-state index in [1.807, 2.05) is 53.7 Å². The Morgan fingerprint density at radius 3 is 2.41 bits per heavy atom. The minimum absolute atomic E-state index is 0.0544. The summed E-state index contributed by atoms with van der Waals surface area (Å²) in [7, 11) is -0.612. The average Bonchev–Trinajstić information content (AvgIpc) is 2.96.